The minimum absolute atomic E-state index is 0.148. The average Bonchev–Trinajstić information content (AvgIpc) is 2.79. The van der Waals surface area contributed by atoms with Gasteiger partial charge in [-0.3, -0.25) is 4.90 Å². The Bertz CT molecular complexity index is 204. The average molecular weight is 227 g/mol. The predicted molar refractivity (Wildman–Crippen MR) is 65.5 cm³/mol. The van der Waals surface area contributed by atoms with Gasteiger partial charge in [0.25, 0.3) is 0 Å². The van der Waals surface area contributed by atoms with Gasteiger partial charge in [-0.15, -0.1) is 0 Å². The summed E-state index contributed by atoms with van der Waals surface area (Å²) in [7, 11) is 0. The number of hydrogen-bond donors (Lipinski definition) is 1. The molecule has 2 fully saturated rings. The minimum atomic E-state index is 0.148. The minimum Gasteiger partial charge on any atom is -0.374 e. The van der Waals surface area contributed by atoms with Crippen molar-refractivity contribution in [2.24, 2.45) is 5.73 Å². The summed E-state index contributed by atoms with van der Waals surface area (Å²) in [4.78, 5) is 5.06. The van der Waals surface area contributed by atoms with E-state index in [-0.39, 0.29) is 12.1 Å². The van der Waals surface area contributed by atoms with E-state index in [2.05, 4.69) is 9.80 Å². The molecule has 0 spiro atoms. The highest BCUT2D eigenvalue weighted by Crippen LogP contribution is 2.10. The van der Waals surface area contributed by atoms with Gasteiger partial charge in [0, 0.05) is 32.2 Å². The quantitative estimate of drug-likeness (QED) is 0.741. The van der Waals surface area contributed by atoms with E-state index in [1.165, 1.54) is 39.0 Å². The zero-order chi connectivity index (χ0) is 11.4. The number of ether oxygens (including phenoxy) is 1. The first-order valence-corrected chi connectivity index (χ1v) is 6.57. The normalized spacial score (nSPS) is 30.8. The van der Waals surface area contributed by atoms with Gasteiger partial charge in [0.1, 0.15) is 0 Å². The van der Waals surface area contributed by atoms with Crippen molar-refractivity contribution in [3.8, 4) is 0 Å². The van der Waals surface area contributed by atoms with Crippen LogP contribution < -0.4 is 5.73 Å². The summed E-state index contributed by atoms with van der Waals surface area (Å²) >= 11 is 0. The van der Waals surface area contributed by atoms with Crippen molar-refractivity contribution in [1.29, 1.82) is 0 Å². The molecule has 0 aromatic carbocycles. The highest BCUT2D eigenvalue weighted by Gasteiger charge is 2.23. The molecule has 2 atom stereocenters. The molecule has 2 saturated heterocycles. The fraction of sp³-hybridized carbons (Fsp3) is 1.00. The lowest BCUT2D eigenvalue weighted by Gasteiger charge is -2.35. The fourth-order valence-corrected chi connectivity index (χ4v) is 2.54. The molecule has 0 bridgehead atoms. The van der Waals surface area contributed by atoms with E-state index < -0.39 is 0 Å². The second-order valence-electron chi connectivity index (χ2n) is 5.12. The molecule has 0 saturated carbocycles. The molecular formula is C12H25N3O. The molecule has 2 heterocycles. The van der Waals surface area contributed by atoms with Crippen LogP contribution in [0.4, 0.5) is 0 Å². The third-order valence-corrected chi connectivity index (χ3v) is 3.70. The van der Waals surface area contributed by atoms with Crippen LogP contribution in [-0.2, 0) is 4.74 Å². The summed E-state index contributed by atoms with van der Waals surface area (Å²) in [6.07, 6.45) is 2.99. The maximum absolute atomic E-state index is 5.89. The van der Waals surface area contributed by atoms with Crippen LogP contribution in [-0.4, -0.2) is 67.8 Å². The number of likely N-dealkylation sites (tertiary alicyclic amines) is 1. The Morgan fingerprint density at radius 2 is 1.88 bits per heavy atom. The van der Waals surface area contributed by atoms with Gasteiger partial charge >= 0.3 is 0 Å². The van der Waals surface area contributed by atoms with Crippen LogP contribution in [0.3, 0.4) is 0 Å². The van der Waals surface area contributed by atoms with Crippen molar-refractivity contribution >= 4 is 0 Å². The Balaban J connectivity index is 1.68. The van der Waals surface area contributed by atoms with Crippen molar-refractivity contribution in [1.82, 2.24) is 9.80 Å². The third kappa shape index (κ3) is 3.42. The Kier molecular flexibility index (Phi) is 4.58. The van der Waals surface area contributed by atoms with Crippen molar-refractivity contribution in [3.05, 3.63) is 0 Å². The molecule has 0 aliphatic carbocycles. The van der Waals surface area contributed by atoms with E-state index in [1.54, 1.807) is 0 Å². The Labute approximate surface area is 98.7 Å². The maximum atomic E-state index is 5.89. The summed E-state index contributed by atoms with van der Waals surface area (Å²) in [5.74, 6) is 0. The van der Waals surface area contributed by atoms with Gasteiger partial charge in [0.2, 0.25) is 0 Å². The molecule has 16 heavy (non-hydrogen) atoms. The highest BCUT2D eigenvalue weighted by molar-refractivity contribution is 4.78. The van der Waals surface area contributed by atoms with Crippen LogP contribution in [0.1, 0.15) is 19.8 Å². The van der Waals surface area contributed by atoms with E-state index in [4.69, 9.17) is 10.5 Å². The van der Waals surface area contributed by atoms with Gasteiger partial charge in [-0.2, -0.15) is 0 Å². The molecule has 2 aliphatic heterocycles. The molecule has 2 N–H and O–H groups in total. The van der Waals surface area contributed by atoms with Crippen molar-refractivity contribution < 1.29 is 4.74 Å². The van der Waals surface area contributed by atoms with E-state index in [1.807, 2.05) is 6.92 Å². The van der Waals surface area contributed by atoms with Gasteiger partial charge in [-0.05, 0) is 32.9 Å². The van der Waals surface area contributed by atoms with Crippen LogP contribution in [0.2, 0.25) is 0 Å². The van der Waals surface area contributed by atoms with Crippen LogP contribution >= 0.6 is 0 Å². The van der Waals surface area contributed by atoms with Gasteiger partial charge in [0.15, 0.2) is 0 Å². The molecule has 2 aliphatic rings. The molecule has 4 heteroatoms. The van der Waals surface area contributed by atoms with E-state index in [0.717, 1.165) is 19.7 Å². The number of morpholine rings is 1. The summed E-state index contributed by atoms with van der Waals surface area (Å²) in [5, 5.41) is 0. The van der Waals surface area contributed by atoms with Gasteiger partial charge in [-0.25, -0.2) is 0 Å². The summed E-state index contributed by atoms with van der Waals surface area (Å²) in [5.41, 5.74) is 5.89. The Morgan fingerprint density at radius 3 is 2.56 bits per heavy atom. The third-order valence-electron chi connectivity index (χ3n) is 3.70. The first kappa shape index (κ1) is 12.3. The van der Waals surface area contributed by atoms with Crippen molar-refractivity contribution in [2.75, 3.05) is 45.9 Å². The molecule has 4 nitrogen and oxygen atoms in total. The standard InChI is InChI=1S/C12H25N3O/c1-11(13)12-10-15(8-9-16-12)7-6-14-4-2-3-5-14/h11-12H,2-10,13H2,1H3. The van der Waals surface area contributed by atoms with Gasteiger partial charge in [-0.1, -0.05) is 0 Å². The van der Waals surface area contributed by atoms with Crippen LogP contribution in [0.15, 0.2) is 0 Å². The molecular weight excluding hydrogens is 202 g/mol. The molecule has 0 radical (unpaired) electrons. The molecule has 2 unspecified atom stereocenters. The zero-order valence-electron chi connectivity index (χ0n) is 10.4. The molecule has 0 aromatic heterocycles. The van der Waals surface area contributed by atoms with Crippen LogP contribution in [0.25, 0.3) is 0 Å². The monoisotopic (exact) mass is 227 g/mol. The SMILES string of the molecule is CC(N)C1CN(CCN2CCCC2)CCO1. The Hall–Kier alpha value is -0.160. The number of nitrogens with two attached hydrogens (primary N) is 1. The number of rotatable bonds is 4. The molecule has 0 amide bonds. The van der Waals surface area contributed by atoms with Gasteiger partial charge < -0.3 is 15.4 Å². The second-order valence-corrected chi connectivity index (χ2v) is 5.12. The zero-order valence-corrected chi connectivity index (χ0v) is 10.4. The van der Waals surface area contributed by atoms with E-state index in [9.17, 15) is 0 Å². The number of nitrogens with zero attached hydrogens (tertiary/aromatic N) is 2. The maximum Gasteiger partial charge on any atom is 0.0850 e. The van der Waals surface area contributed by atoms with Crippen molar-refractivity contribution in [2.45, 2.75) is 31.9 Å². The summed E-state index contributed by atoms with van der Waals surface area (Å²) < 4.78 is 5.66. The topological polar surface area (TPSA) is 41.7 Å². The molecule has 0 aromatic rings. The first-order valence-electron chi connectivity index (χ1n) is 6.57. The molecule has 94 valence electrons. The predicted octanol–water partition coefficient (Wildman–Crippen LogP) is 0.130. The smallest absolute Gasteiger partial charge is 0.0850 e. The summed E-state index contributed by atoms with van der Waals surface area (Å²) in [6, 6.07) is 0.148. The van der Waals surface area contributed by atoms with E-state index in [0.29, 0.717) is 0 Å². The second kappa shape index (κ2) is 5.96. The van der Waals surface area contributed by atoms with E-state index >= 15 is 0 Å². The first-order chi connectivity index (χ1) is 7.75. The number of hydrogen-bond acceptors (Lipinski definition) is 4. The lowest BCUT2D eigenvalue weighted by molar-refractivity contribution is -0.0390. The lowest BCUT2D eigenvalue weighted by Crippen LogP contribution is -2.50. The van der Waals surface area contributed by atoms with Crippen LogP contribution in [0.5, 0.6) is 0 Å². The Morgan fingerprint density at radius 1 is 1.19 bits per heavy atom. The largest absolute Gasteiger partial charge is 0.374 e. The van der Waals surface area contributed by atoms with Crippen molar-refractivity contribution in [3.63, 3.8) is 0 Å². The highest BCUT2D eigenvalue weighted by atomic mass is 16.5. The van der Waals surface area contributed by atoms with Crippen LogP contribution in [0, 0.1) is 0 Å². The fourth-order valence-electron chi connectivity index (χ4n) is 2.54. The molecule has 2 rings (SSSR count). The summed E-state index contributed by atoms with van der Waals surface area (Å²) in [6.45, 7) is 9.92. The lowest BCUT2D eigenvalue weighted by atomic mass is 10.1. The van der Waals surface area contributed by atoms with Gasteiger partial charge in [0.05, 0.1) is 12.7 Å².